The van der Waals surface area contributed by atoms with E-state index in [1.807, 2.05) is 6.07 Å². The van der Waals surface area contributed by atoms with Crippen molar-refractivity contribution < 1.29 is 34.7 Å². The molecule has 0 bridgehead atoms. The van der Waals surface area contributed by atoms with E-state index in [-0.39, 0.29) is 22.3 Å². The lowest BCUT2D eigenvalue weighted by molar-refractivity contribution is -0.220. The Morgan fingerprint density at radius 3 is 2.31 bits per heavy atom. The van der Waals surface area contributed by atoms with Gasteiger partial charge in [-0.25, -0.2) is 0 Å². The lowest BCUT2D eigenvalue weighted by atomic mass is 9.90. The van der Waals surface area contributed by atoms with Gasteiger partial charge in [-0.1, -0.05) is 30.3 Å². The molecule has 2 aromatic carbocycles. The van der Waals surface area contributed by atoms with Crippen molar-refractivity contribution in [2.24, 2.45) is 0 Å². The average Bonchev–Trinajstić information content (AvgIpc) is 2.70. The summed E-state index contributed by atoms with van der Waals surface area (Å²) in [6.45, 7) is 1.47. The van der Waals surface area contributed by atoms with E-state index in [0.717, 1.165) is 6.07 Å². The first kappa shape index (κ1) is 19.4. The minimum absolute atomic E-state index is 0.0472. The Balaban J connectivity index is 1.88. The van der Waals surface area contributed by atoms with Crippen molar-refractivity contribution in [2.75, 3.05) is 0 Å². The molecule has 0 radical (unpaired) electrons. The van der Waals surface area contributed by atoms with Crippen LogP contribution in [0.15, 0.2) is 51.7 Å². The third-order valence-electron chi connectivity index (χ3n) is 5.21. The predicted molar refractivity (Wildman–Crippen MR) is 103 cm³/mol. The van der Waals surface area contributed by atoms with Crippen molar-refractivity contribution in [1.82, 2.24) is 0 Å². The van der Waals surface area contributed by atoms with E-state index in [1.165, 1.54) is 13.0 Å². The maximum atomic E-state index is 12.7. The van der Waals surface area contributed by atoms with Crippen molar-refractivity contribution in [2.45, 2.75) is 37.4 Å². The Kier molecular flexibility index (Phi) is 4.79. The fourth-order valence-electron chi connectivity index (χ4n) is 3.62. The molecule has 1 aromatic heterocycles. The van der Waals surface area contributed by atoms with Gasteiger partial charge in [0.15, 0.2) is 5.43 Å². The van der Waals surface area contributed by atoms with Gasteiger partial charge in [0.1, 0.15) is 52.6 Å². The number of fused-ring (bicyclic) bond motifs is 1. The monoisotopic (exact) mass is 400 g/mol. The Morgan fingerprint density at radius 2 is 1.62 bits per heavy atom. The summed E-state index contributed by atoms with van der Waals surface area (Å²) in [4.78, 5) is 12.7. The summed E-state index contributed by atoms with van der Waals surface area (Å²) in [5, 5.41) is 51.2. The number of phenols is 2. The molecule has 1 aliphatic heterocycles. The molecule has 2 heterocycles. The zero-order valence-electron chi connectivity index (χ0n) is 15.4. The molecule has 29 heavy (non-hydrogen) atoms. The molecule has 3 aromatic rings. The number of phenolic OH excluding ortho intramolecular Hbond substituents is 2. The zero-order valence-corrected chi connectivity index (χ0v) is 15.4. The first-order valence-electron chi connectivity index (χ1n) is 9.07. The van der Waals surface area contributed by atoms with Crippen molar-refractivity contribution in [3.63, 3.8) is 0 Å². The third kappa shape index (κ3) is 3.16. The first-order valence-corrected chi connectivity index (χ1v) is 9.07. The Morgan fingerprint density at radius 1 is 0.931 bits per heavy atom. The van der Waals surface area contributed by atoms with Crippen LogP contribution in [0.4, 0.5) is 0 Å². The van der Waals surface area contributed by atoms with Gasteiger partial charge in [-0.2, -0.15) is 0 Å². The van der Waals surface area contributed by atoms with Crippen molar-refractivity contribution in [3.8, 4) is 22.8 Å². The molecule has 152 valence electrons. The smallest absolute Gasteiger partial charge is 0.197 e. The largest absolute Gasteiger partial charge is 0.507 e. The molecule has 5 N–H and O–H groups in total. The SMILES string of the molecule is C[C@H]1O[C@@H](c2c(O)cc3oc(-c4ccccc4)cc(=O)c3c2O)[C@H](O)[C@@H](O)[C@H]1O. The van der Waals surface area contributed by atoms with E-state index < -0.39 is 47.4 Å². The zero-order chi connectivity index (χ0) is 20.9. The second kappa shape index (κ2) is 7.16. The molecule has 8 nitrogen and oxygen atoms in total. The highest BCUT2D eigenvalue weighted by molar-refractivity contribution is 5.88. The van der Waals surface area contributed by atoms with Gasteiger partial charge >= 0.3 is 0 Å². The number of hydrogen-bond donors (Lipinski definition) is 5. The summed E-state index contributed by atoms with van der Waals surface area (Å²) in [6.07, 6.45) is -6.78. The molecule has 1 fully saturated rings. The van der Waals surface area contributed by atoms with Gasteiger partial charge < -0.3 is 34.7 Å². The van der Waals surface area contributed by atoms with Crippen LogP contribution in [0.1, 0.15) is 18.6 Å². The molecule has 0 saturated carbocycles. The summed E-state index contributed by atoms with van der Waals surface area (Å²) in [7, 11) is 0. The summed E-state index contributed by atoms with van der Waals surface area (Å²) in [6, 6.07) is 11.2. The van der Waals surface area contributed by atoms with E-state index >= 15 is 0 Å². The fraction of sp³-hybridized carbons (Fsp3) is 0.286. The van der Waals surface area contributed by atoms with E-state index in [2.05, 4.69) is 0 Å². The number of hydrogen-bond acceptors (Lipinski definition) is 8. The highest BCUT2D eigenvalue weighted by Crippen LogP contribution is 2.44. The van der Waals surface area contributed by atoms with Crippen molar-refractivity contribution >= 4 is 11.0 Å². The fourth-order valence-corrected chi connectivity index (χ4v) is 3.62. The molecule has 4 rings (SSSR count). The molecule has 0 spiro atoms. The van der Waals surface area contributed by atoms with Gasteiger partial charge in [0.25, 0.3) is 0 Å². The quantitative estimate of drug-likeness (QED) is 0.435. The molecular formula is C21H20O8. The number of rotatable bonds is 2. The van der Waals surface area contributed by atoms with Crippen LogP contribution < -0.4 is 5.43 Å². The molecule has 1 saturated heterocycles. The molecule has 0 amide bonds. The van der Waals surface area contributed by atoms with Crippen LogP contribution >= 0.6 is 0 Å². The van der Waals surface area contributed by atoms with Crippen LogP contribution in [-0.4, -0.2) is 49.9 Å². The number of benzene rings is 2. The molecule has 0 unspecified atom stereocenters. The number of aromatic hydroxyl groups is 2. The van der Waals surface area contributed by atoms with Gasteiger partial charge in [0.05, 0.1) is 11.7 Å². The normalized spacial score (nSPS) is 27.2. The third-order valence-corrected chi connectivity index (χ3v) is 5.21. The summed E-state index contributed by atoms with van der Waals surface area (Å²) in [5.74, 6) is -0.841. The van der Waals surface area contributed by atoms with Crippen LogP contribution in [0.3, 0.4) is 0 Å². The van der Waals surface area contributed by atoms with E-state index in [1.54, 1.807) is 24.3 Å². The molecule has 5 atom stereocenters. The maximum Gasteiger partial charge on any atom is 0.197 e. The van der Waals surface area contributed by atoms with Gasteiger partial charge in [0.2, 0.25) is 0 Å². The minimum atomic E-state index is -1.63. The lowest BCUT2D eigenvalue weighted by Crippen LogP contribution is -2.53. The number of ether oxygens (including phenoxy) is 1. The molecule has 8 heteroatoms. The standard InChI is InChI=1S/C21H20O8/c1-9-17(24)19(26)20(27)21(28-9)16-12(23)8-14-15(18(16)25)11(22)7-13(29-14)10-5-3-2-4-6-10/h2-9,17,19-21,23-27H,1H3/t9-,17+,19+,20-,21+/m1/s1. The van der Waals surface area contributed by atoms with Crippen molar-refractivity contribution in [1.29, 1.82) is 0 Å². The number of aliphatic hydroxyl groups excluding tert-OH is 3. The van der Waals surface area contributed by atoms with Gasteiger partial charge in [-0.05, 0) is 6.92 Å². The summed E-state index contributed by atoms with van der Waals surface area (Å²) < 4.78 is 11.2. The lowest BCUT2D eigenvalue weighted by Gasteiger charge is -2.39. The van der Waals surface area contributed by atoms with E-state index in [4.69, 9.17) is 9.15 Å². The van der Waals surface area contributed by atoms with Gasteiger partial charge in [-0.15, -0.1) is 0 Å². The second-order valence-corrected chi connectivity index (χ2v) is 7.11. The first-order chi connectivity index (χ1) is 13.8. The molecule has 0 aliphatic carbocycles. The van der Waals surface area contributed by atoms with E-state index in [9.17, 15) is 30.3 Å². The highest BCUT2D eigenvalue weighted by Gasteiger charge is 2.44. The van der Waals surface area contributed by atoms with Gasteiger partial charge in [-0.3, -0.25) is 4.79 Å². The number of aliphatic hydroxyl groups is 3. The Labute approximate surface area is 164 Å². The maximum absolute atomic E-state index is 12.7. The minimum Gasteiger partial charge on any atom is -0.507 e. The van der Waals surface area contributed by atoms with Gasteiger partial charge in [0, 0.05) is 17.7 Å². The van der Waals surface area contributed by atoms with Crippen molar-refractivity contribution in [3.05, 3.63) is 58.3 Å². The topological polar surface area (TPSA) is 141 Å². The molecular weight excluding hydrogens is 380 g/mol. The predicted octanol–water partition coefficient (Wildman–Crippen LogP) is 1.41. The van der Waals surface area contributed by atoms with Crippen LogP contribution in [0, 0.1) is 0 Å². The van der Waals surface area contributed by atoms with Crippen LogP contribution in [0.5, 0.6) is 11.5 Å². The van der Waals surface area contributed by atoms with E-state index in [0.29, 0.717) is 5.56 Å². The van der Waals surface area contributed by atoms with Crippen LogP contribution in [0.2, 0.25) is 0 Å². The van der Waals surface area contributed by atoms with Crippen LogP contribution in [0.25, 0.3) is 22.3 Å². The summed E-state index contributed by atoms with van der Waals surface area (Å²) in [5.41, 5.74) is -0.217. The van der Waals surface area contributed by atoms with Crippen LogP contribution in [-0.2, 0) is 4.74 Å². The average molecular weight is 400 g/mol. The second-order valence-electron chi connectivity index (χ2n) is 7.11. The molecule has 1 aliphatic rings. The Hall–Kier alpha value is -2.91. The Bertz CT molecular complexity index is 1110. The highest BCUT2D eigenvalue weighted by atomic mass is 16.5. The summed E-state index contributed by atoms with van der Waals surface area (Å²) >= 11 is 0.